The highest BCUT2D eigenvalue weighted by Gasteiger charge is 2.19. The molecule has 0 bridgehead atoms. The van der Waals surface area contributed by atoms with Crippen LogP contribution >= 0.6 is 0 Å². The number of aryl methyl sites for hydroxylation is 1. The summed E-state index contributed by atoms with van der Waals surface area (Å²) in [7, 11) is 0. The van der Waals surface area contributed by atoms with E-state index in [1.54, 1.807) is 13.8 Å². The minimum absolute atomic E-state index is 0.0428. The predicted molar refractivity (Wildman–Crippen MR) is 86.1 cm³/mol. The third-order valence-electron chi connectivity index (χ3n) is 2.77. The lowest BCUT2D eigenvalue weighted by atomic mass is 10.3. The molecule has 0 saturated heterocycles. The molecule has 0 N–H and O–H groups in total. The van der Waals surface area contributed by atoms with Crippen molar-refractivity contribution in [3.63, 3.8) is 0 Å². The van der Waals surface area contributed by atoms with Crippen LogP contribution in [0, 0.1) is 18.9 Å². The zero-order valence-corrected chi connectivity index (χ0v) is 13.9. The first kappa shape index (κ1) is 19.0. The standard InChI is InChI=1S/C16H18N2O6/c1-5-8-17-14(20)11(4)10-18(16(17)22)12(15(21)24-7-3)9-13(19)23-6-2/h9-10H,6-7H2,1-4H3/b12-9+. The molecule has 0 aromatic carbocycles. The van der Waals surface area contributed by atoms with Crippen molar-refractivity contribution in [3.05, 3.63) is 38.7 Å². The van der Waals surface area contributed by atoms with Crippen molar-refractivity contribution in [2.24, 2.45) is 0 Å². The summed E-state index contributed by atoms with van der Waals surface area (Å²) in [5.74, 6) is 0.730. The number of carbonyl (C=O) groups is 2. The predicted octanol–water partition coefficient (Wildman–Crippen LogP) is 0.114. The highest BCUT2D eigenvalue weighted by molar-refractivity contribution is 6.14. The van der Waals surface area contributed by atoms with Crippen LogP contribution < -0.4 is 11.2 Å². The Morgan fingerprint density at radius 2 is 1.83 bits per heavy atom. The number of nitrogens with zero attached hydrogens (tertiary/aromatic N) is 2. The Kier molecular flexibility index (Phi) is 6.74. The van der Waals surface area contributed by atoms with Crippen LogP contribution in [0.3, 0.4) is 0 Å². The van der Waals surface area contributed by atoms with Gasteiger partial charge in [-0.1, -0.05) is 5.92 Å². The summed E-state index contributed by atoms with van der Waals surface area (Å²) in [5, 5.41) is 0. The van der Waals surface area contributed by atoms with Gasteiger partial charge in [-0.05, 0) is 27.7 Å². The number of aromatic nitrogens is 2. The van der Waals surface area contributed by atoms with Gasteiger partial charge in [0.15, 0.2) is 0 Å². The maximum absolute atomic E-state index is 12.4. The van der Waals surface area contributed by atoms with E-state index in [0.717, 1.165) is 16.8 Å². The van der Waals surface area contributed by atoms with Crippen LogP contribution in [-0.4, -0.2) is 34.3 Å². The fourth-order valence-electron chi connectivity index (χ4n) is 1.79. The summed E-state index contributed by atoms with van der Waals surface area (Å²) in [6, 6.07) is 2.35. The first-order valence-corrected chi connectivity index (χ1v) is 7.21. The van der Waals surface area contributed by atoms with E-state index in [0.29, 0.717) is 4.57 Å². The molecule has 1 rings (SSSR count). The van der Waals surface area contributed by atoms with Crippen molar-refractivity contribution >= 4 is 17.6 Å². The molecule has 24 heavy (non-hydrogen) atoms. The Hall–Kier alpha value is -3.08. The molecule has 1 heterocycles. The van der Waals surface area contributed by atoms with E-state index in [1.807, 2.05) is 0 Å². The van der Waals surface area contributed by atoms with Crippen molar-refractivity contribution in [1.29, 1.82) is 0 Å². The molecule has 0 aliphatic heterocycles. The fraction of sp³-hybridized carbons (Fsp3) is 0.375. The second kappa shape index (κ2) is 8.53. The van der Waals surface area contributed by atoms with E-state index in [2.05, 4.69) is 12.0 Å². The van der Waals surface area contributed by atoms with E-state index in [-0.39, 0.29) is 24.5 Å². The van der Waals surface area contributed by atoms with Crippen molar-refractivity contribution < 1.29 is 19.1 Å². The quantitative estimate of drug-likeness (QED) is 0.431. The number of carbonyl (C=O) groups excluding carboxylic acids is 2. The summed E-state index contributed by atoms with van der Waals surface area (Å²) in [6.07, 6.45) is 2.00. The van der Waals surface area contributed by atoms with Gasteiger partial charge >= 0.3 is 17.6 Å². The molecule has 8 heteroatoms. The van der Waals surface area contributed by atoms with Gasteiger partial charge in [0.2, 0.25) is 0 Å². The Labute approximate surface area is 138 Å². The number of hydrogen-bond acceptors (Lipinski definition) is 6. The molecule has 0 unspecified atom stereocenters. The van der Waals surface area contributed by atoms with Crippen LogP contribution in [0.25, 0.3) is 5.70 Å². The van der Waals surface area contributed by atoms with Gasteiger partial charge in [0.1, 0.15) is 5.70 Å². The smallest absolute Gasteiger partial charge is 0.355 e. The van der Waals surface area contributed by atoms with Gasteiger partial charge in [0.05, 0.1) is 19.3 Å². The summed E-state index contributed by atoms with van der Waals surface area (Å²) in [6.45, 7) is 6.24. The molecular formula is C16H18N2O6. The van der Waals surface area contributed by atoms with Crippen LogP contribution in [0.15, 0.2) is 21.9 Å². The zero-order valence-electron chi connectivity index (χ0n) is 13.9. The minimum atomic E-state index is -0.901. The lowest BCUT2D eigenvalue weighted by Crippen LogP contribution is -2.39. The molecular weight excluding hydrogens is 316 g/mol. The van der Waals surface area contributed by atoms with Gasteiger partial charge in [-0.2, -0.15) is 4.57 Å². The molecule has 0 fully saturated rings. The monoisotopic (exact) mass is 334 g/mol. The van der Waals surface area contributed by atoms with E-state index in [9.17, 15) is 19.2 Å². The Morgan fingerprint density at radius 1 is 1.21 bits per heavy atom. The van der Waals surface area contributed by atoms with Crippen LogP contribution in [0.5, 0.6) is 0 Å². The van der Waals surface area contributed by atoms with E-state index in [1.165, 1.54) is 13.8 Å². The maximum Gasteiger partial charge on any atom is 0.355 e. The van der Waals surface area contributed by atoms with E-state index < -0.39 is 23.2 Å². The Morgan fingerprint density at radius 3 is 2.38 bits per heavy atom. The first-order chi connectivity index (χ1) is 11.4. The van der Waals surface area contributed by atoms with Crippen molar-refractivity contribution in [1.82, 2.24) is 9.13 Å². The largest absolute Gasteiger partial charge is 0.463 e. The third-order valence-corrected chi connectivity index (χ3v) is 2.77. The fourth-order valence-corrected chi connectivity index (χ4v) is 1.79. The second-order valence-electron chi connectivity index (χ2n) is 4.47. The molecule has 0 saturated carbocycles. The Bertz CT molecular complexity index is 848. The van der Waals surface area contributed by atoms with Gasteiger partial charge in [0, 0.05) is 17.8 Å². The van der Waals surface area contributed by atoms with Crippen LogP contribution in [0.1, 0.15) is 26.3 Å². The molecule has 0 aliphatic carbocycles. The second-order valence-corrected chi connectivity index (χ2v) is 4.47. The summed E-state index contributed by atoms with van der Waals surface area (Å²) < 4.78 is 11.1. The molecule has 0 atom stereocenters. The molecule has 8 nitrogen and oxygen atoms in total. The lowest BCUT2D eigenvalue weighted by Gasteiger charge is -2.11. The SMILES string of the molecule is CC#Cn1c(=O)c(C)cn(/C(=C/C(=O)OCC)C(=O)OCC)c1=O. The van der Waals surface area contributed by atoms with E-state index in [4.69, 9.17) is 9.47 Å². The maximum atomic E-state index is 12.4. The van der Waals surface area contributed by atoms with Crippen LogP contribution in [0.2, 0.25) is 0 Å². The molecule has 128 valence electrons. The van der Waals surface area contributed by atoms with Gasteiger partial charge in [0.25, 0.3) is 5.56 Å². The molecule has 1 aromatic rings. The summed E-state index contributed by atoms with van der Waals surface area (Å²) in [5.41, 5.74) is -1.69. The van der Waals surface area contributed by atoms with Gasteiger partial charge in [-0.15, -0.1) is 0 Å². The average Bonchev–Trinajstić information content (AvgIpc) is 2.53. The number of esters is 2. The summed E-state index contributed by atoms with van der Waals surface area (Å²) in [4.78, 5) is 48.2. The molecule has 1 aromatic heterocycles. The Balaban J connectivity index is 3.68. The normalized spacial score (nSPS) is 10.6. The van der Waals surface area contributed by atoms with Crippen LogP contribution in [0.4, 0.5) is 0 Å². The molecule has 0 amide bonds. The first-order valence-electron chi connectivity index (χ1n) is 7.21. The van der Waals surface area contributed by atoms with Crippen molar-refractivity contribution in [3.8, 4) is 12.0 Å². The molecule has 0 spiro atoms. The zero-order chi connectivity index (χ0) is 18.3. The average molecular weight is 334 g/mol. The molecule has 0 aliphatic rings. The van der Waals surface area contributed by atoms with Crippen molar-refractivity contribution in [2.45, 2.75) is 27.7 Å². The summed E-state index contributed by atoms with van der Waals surface area (Å²) >= 11 is 0. The van der Waals surface area contributed by atoms with Crippen molar-refractivity contribution in [2.75, 3.05) is 13.2 Å². The van der Waals surface area contributed by atoms with Gasteiger partial charge in [-0.25, -0.2) is 14.4 Å². The third kappa shape index (κ3) is 4.23. The minimum Gasteiger partial charge on any atom is -0.463 e. The molecule has 0 radical (unpaired) electrons. The van der Waals surface area contributed by atoms with Crippen LogP contribution in [-0.2, 0) is 19.1 Å². The lowest BCUT2D eigenvalue weighted by molar-refractivity contribution is -0.139. The number of rotatable bonds is 5. The van der Waals surface area contributed by atoms with Gasteiger partial charge in [-0.3, -0.25) is 9.36 Å². The van der Waals surface area contributed by atoms with Gasteiger partial charge < -0.3 is 9.47 Å². The number of hydrogen-bond donors (Lipinski definition) is 0. The topological polar surface area (TPSA) is 96.6 Å². The highest BCUT2D eigenvalue weighted by Crippen LogP contribution is 2.06. The number of ether oxygens (including phenoxy) is 2. The van der Waals surface area contributed by atoms with E-state index >= 15 is 0 Å². The highest BCUT2D eigenvalue weighted by atomic mass is 16.5.